The Balaban J connectivity index is 2.85. The molecule has 1 rings (SSSR count). The van der Waals surface area contributed by atoms with Gasteiger partial charge in [0.05, 0.1) is 28.2 Å². The number of anilines is 1. The molecular weight excluding hydrogens is 284 g/mol. The first kappa shape index (κ1) is 14.7. The smallest absolute Gasteiger partial charge is 0.241 e. The lowest BCUT2D eigenvalue weighted by molar-refractivity contribution is -0.123. The fourth-order valence-electron chi connectivity index (χ4n) is 1.19. The third-order valence-corrected chi connectivity index (χ3v) is 2.61. The van der Waals surface area contributed by atoms with Gasteiger partial charge in [-0.15, -0.1) is 0 Å². The molecule has 98 valence electrons. The molecule has 1 aromatic rings. The highest BCUT2D eigenvalue weighted by atomic mass is 35.5. The third kappa shape index (κ3) is 3.83. The number of benzene rings is 1. The van der Waals surface area contributed by atoms with Crippen LogP contribution in [0.3, 0.4) is 0 Å². The number of nitrogens with one attached hydrogen (secondary N) is 1. The summed E-state index contributed by atoms with van der Waals surface area (Å²) in [5.41, 5.74) is 10.4. The summed E-state index contributed by atoms with van der Waals surface area (Å²) in [6.07, 6.45) is -0.317. The molecule has 18 heavy (non-hydrogen) atoms. The average molecular weight is 294 g/mol. The van der Waals surface area contributed by atoms with E-state index in [0.29, 0.717) is 0 Å². The summed E-state index contributed by atoms with van der Waals surface area (Å²) in [6, 6.07) is 0.852. The number of hydrogen-bond acceptors (Lipinski definition) is 3. The van der Waals surface area contributed by atoms with Crippen LogP contribution < -0.4 is 16.8 Å². The van der Waals surface area contributed by atoms with Crippen molar-refractivity contribution in [1.29, 1.82) is 0 Å². The van der Waals surface area contributed by atoms with Gasteiger partial charge in [-0.1, -0.05) is 23.2 Å². The van der Waals surface area contributed by atoms with E-state index < -0.39 is 23.7 Å². The van der Waals surface area contributed by atoms with Crippen molar-refractivity contribution in [3.63, 3.8) is 0 Å². The maximum atomic E-state index is 12.9. The minimum atomic E-state index is -1.13. The Morgan fingerprint density at radius 1 is 1.33 bits per heavy atom. The lowest BCUT2D eigenvalue weighted by Crippen LogP contribution is -2.39. The Bertz CT molecular complexity index is 473. The molecule has 8 heteroatoms. The van der Waals surface area contributed by atoms with E-state index >= 15 is 0 Å². The second-order valence-corrected chi connectivity index (χ2v) is 4.33. The predicted octanol–water partition coefficient (Wildman–Crippen LogP) is 1.27. The maximum Gasteiger partial charge on any atom is 0.241 e. The van der Waals surface area contributed by atoms with E-state index in [1.165, 1.54) is 0 Å². The highest BCUT2D eigenvalue weighted by Gasteiger charge is 2.18. The number of carbonyl (C=O) groups is 2. The molecule has 0 aliphatic rings. The second kappa shape index (κ2) is 5.99. The van der Waals surface area contributed by atoms with E-state index in [1.54, 1.807) is 0 Å². The molecule has 0 aromatic heterocycles. The standard InChI is InChI=1S/C10H10Cl2FN3O2/c11-5-1-4(13)2-6(12)9(5)16-10(18)7(14)3-8(15)17/h1-2,7H,3,14H2,(H2,15,17)(H,16,18). The zero-order valence-electron chi connectivity index (χ0n) is 9.04. The second-order valence-electron chi connectivity index (χ2n) is 3.51. The number of amides is 2. The summed E-state index contributed by atoms with van der Waals surface area (Å²) in [7, 11) is 0. The zero-order chi connectivity index (χ0) is 13.9. The minimum Gasteiger partial charge on any atom is -0.370 e. The Labute approximate surface area is 112 Å². The summed E-state index contributed by atoms with van der Waals surface area (Å²) in [5, 5.41) is 2.17. The molecule has 0 spiro atoms. The molecule has 0 bridgehead atoms. The van der Waals surface area contributed by atoms with E-state index in [2.05, 4.69) is 5.32 Å². The van der Waals surface area contributed by atoms with Gasteiger partial charge in [0.25, 0.3) is 0 Å². The third-order valence-electron chi connectivity index (χ3n) is 2.01. The Kier molecular flexibility index (Phi) is 4.89. The Morgan fingerprint density at radius 3 is 2.28 bits per heavy atom. The highest BCUT2D eigenvalue weighted by Crippen LogP contribution is 2.31. The van der Waals surface area contributed by atoms with Gasteiger partial charge >= 0.3 is 0 Å². The fraction of sp³-hybridized carbons (Fsp3) is 0.200. The Hall–Kier alpha value is -1.37. The summed E-state index contributed by atoms with van der Waals surface area (Å²) in [6.45, 7) is 0. The number of carbonyl (C=O) groups excluding carboxylic acids is 2. The van der Waals surface area contributed by atoms with Crippen molar-refractivity contribution < 1.29 is 14.0 Å². The molecule has 0 radical (unpaired) electrons. The van der Waals surface area contributed by atoms with Crippen LogP contribution in [0.4, 0.5) is 10.1 Å². The van der Waals surface area contributed by atoms with Crippen molar-refractivity contribution in [2.24, 2.45) is 11.5 Å². The highest BCUT2D eigenvalue weighted by molar-refractivity contribution is 6.39. The van der Waals surface area contributed by atoms with Crippen molar-refractivity contribution in [2.75, 3.05) is 5.32 Å². The molecule has 0 saturated carbocycles. The van der Waals surface area contributed by atoms with Crippen molar-refractivity contribution >= 4 is 40.7 Å². The molecule has 0 heterocycles. The van der Waals surface area contributed by atoms with E-state index in [0.717, 1.165) is 12.1 Å². The van der Waals surface area contributed by atoms with Gasteiger partial charge in [-0.05, 0) is 12.1 Å². The van der Waals surface area contributed by atoms with E-state index in [9.17, 15) is 14.0 Å². The van der Waals surface area contributed by atoms with Crippen LogP contribution in [0.2, 0.25) is 10.0 Å². The molecule has 1 atom stereocenters. The van der Waals surface area contributed by atoms with Gasteiger partial charge in [-0.25, -0.2) is 4.39 Å². The number of halogens is 3. The summed E-state index contributed by atoms with van der Waals surface area (Å²) >= 11 is 11.4. The number of rotatable bonds is 4. The predicted molar refractivity (Wildman–Crippen MR) is 66.8 cm³/mol. The molecule has 0 fully saturated rings. The van der Waals surface area contributed by atoms with Crippen molar-refractivity contribution in [3.05, 3.63) is 28.0 Å². The van der Waals surface area contributed by atoms with E-state index in [4.69, 9.17) is 34.7 Å². The van der Waals surface area contributed by atoms with Crippen LogP contribution in [-0.4, -0.2) is 17.9 Å². The number of nitrogens with two attached hydrogens (primary N) is 2. The first-order valence-corrected chi connectivity index (χ1v) is 5.56. The molecule has 1 unspecified atom stereocenters. The van der Waals surface area contributed by atoms with Gasteiger partial charge in [0.2, 0.25) is 11.8 Å². The van der Waals surface area contributed by atoms with Crippen LogP contribution in [0.5, 0.6) is 0 Å². The molecule has 0 aliphatic heterocycles. The van der Waals surface area contributed by atoms with Crippen LogP contribution in [0, 0.1) is 5.82 Å². The molecule has 1 aromatic carbocycles. The lowest BCUT2D eigenvalue weighted by Gasteiger charge is -2.13. The van der Waals surface area contributed by atoms with Crippen molar-refractivity contribution in [3.8, 4) is 0 Å². The Morgan fingerprint density at radius 2 is 1.83 bits per heavy atom. The maximum absolute atomic E-state index is 12.9. The minimum absolute atomic E-state index is 0.0321. The van der Waals surface area contributed by atoms with Crippen LogP contribution in [0.25, 0.3) is 0 Å². The van der Waals surface area contributed by atoms with Gasteiger partial charge < -0.3 is 16.8 Å². The summed E-state index contributed by atoms with van der Waals surface area (Å²) in [4.78, 5) is 22.2. The molecule has 0 saturated heterocycles. The lowest BCUT2D eigenvalue weighted by atomic mass is 10.2. The quantitative estimate of drug-likeness (QED) is 0.780. The van der Waals surface area contributed by atoms with Crippen LogP contribution >= 0.6 is 23.2 Å². The largest absolute Gasteiger partial charge is 0.370 e. The van der Waals surface area contributed by atoms with Crippen molar-refractivity contribution in [2.45, 2.75) is 12.5 Å². The summed E-state index contributed by atoms with van der Waals surface area (Å²) in [5.74, 6) is -2.04. The molecule has 5 nitrogen and oxygen atoms in total. The SMILES string of the molecule is NC(=O)CC(N)C(=O)Nc1c(Cl)cc(F)cc1Cl. The van der Waals surface area contributed by atoms with Gasteiger partial charge in [0.1, 0.15) is 5.82 Å². The van der Waals surface area contributed by atoms with Crippen LogP contribution in [0.15, 0.2) is 12.1 Å². The fourth-order valence-corrected chi connectivity index (χ4v) is 1.74. The average Bonchev–Trinajstić information content (AvgIpc) is 2.21. The zero-order valence-corrected chi connectivity index (χ0v) is 10.6. The monoisotopic (exact) mass is 293 g/mol. The normalized spacial score (nSPS) is 12.0. The molecule has 2 amide bonds. The number of primary amides is 1. The van der Waals surface area contributed by atoms with Gasteiger partial charge in [-0.2, -0.15) is 0 Å². The molecule has 5 N–H and O–H groups in total. The first-order chi connectivity index (χ1) is 8.31. The molecule has 0 aliphatic carbocycles. The number of hydrogen-bond donors (Lipinski definition) is 3. The van der Waals surface area contributed by atoms with E-state index in [1.807, 2.05) is 0 Å². The van der Waals surface area contributed by atoms with Crippen LogP contribution in [0.1, 0.15) is 6.42 Å². The van der Waals surface area contributed by atoms with Gasteiger partial charge in [0.15, 0.2) is 0 Å². The first-order valence-electron chi connectivity index (χ1n) is 4.80. The topological polar surface area (TPSA) is 98.2 Å². The van der Waals surface area contributed by atoms with Crippen LogP contribution in [-0.2, 0) is 9.59 Å². The van der Waals surface area contributed by atoms with Gasteiger partial charge in [0, 0.05) is 0 Å². The van der Waals surface area contributed by atoms with E-state index in [-0.39, 0.29) is 22.2 Å². The molecular formula is C10H10Cl2FN3O2. The summed E-state index contributed by atoms with van der Waals surface area (Å²) < 4.78 is 12.9. The van der Waals surface area contributed by atoms with Crippen molar-refractivity contribution in [1.82, 2.24) is 0 Å². The van der Waals surface area contributed by atoms with Gasteiger partial charge in [-0.3, -0.25) is 9.59 Å².